The molecule has 0 saturated carbocycles. The van der Waals surface area contributed by atoms with Crippen LogP contribution < -0.4 is 20.4 Å². The number of hydrogen-bond donors (Lipinski definition) is 2. The van der Waals surface area contributed by atoms with Crippen molar-refractivity contribution in [2.24, 2.45) is 5.92 Å². The van der Waals surface area contributed by atoms with E-state index in [9.17, 15) is 29.2 Å². The number of amides is 5. The number of fused-ring (bicyclic) bond motifs is 1. The molecule has 3 saturated heterocycles. The number of aryl methyl sites for hydroxylation is 1. The molecule has 2 aromatic heterocycles. The minimum atomic E-state index is -1.01. The Bertz CT molecular complexity index is 2390. The number of likely N-dealkylation sites (tertiary alicyclic amines) is 1. The number of rotatable bonds is 10. The van der Waals surface area contributed by atoms with Gasteiger partial charge in [0.05, 0.1) is 28.4 Å². The van der Waals surface area contributed by atoms with Crippen molar-refractivity contribution in [3.8, 4) is 6.07 Å². The number of pyridine rings is 1. The highest BCUT2D eigenvalue weighted by molar-refractivity contribution is 6.32. The van der Waals surface area contributed by atoms with Crippen LogP contribution in [0.4, 0.5) is 23.0 Å². The zero-order chi connectivity index (χ0) is 42.6. The summed E-state index contributed by atoms with van der Waals surface area (Å²) in [5, 5.41) is 15.2. The van der Waals surface area contributed by atoms with Gasteiger partial charge < -0.3 is 20.0 Å². The second-order valence-corrected chi connectivity index (χ2v) is 16.4. The van der Waals surface area contributed by atoms with Gasteiger partial charge in [-0.15, -0.1) is 0 Å². The van der Waals surface area contributed by atoms with Crippen molar-refractivity contribution in [2.75, 3.05) is 67.5 Å². The third-order valence-electron chi connectivity index (χ3n) is 12.2. The summed E-state index contributed by atoms with van der Waals surface area (Å²) in [6.07, 6.45) is 6.26. The topological polar surface area (TPSA) is 188 Å². The molecule has 61 heavy (non-hydrogen) atoms. The highest BCUT2D eigenvalue weighted by atomic mass is 35.5. The Morgan fingerprint density at radius 3 is 2.39 bits per heavy atom. The number of imide groups is 2. The molecule has 8 rings (SSSR count). The van der Waals surface area contributed by atoms with Crippen LogP contribution in [0.5, 0.6) is 0 Å². The molecular weight excluding hydrogens is 798 g/mol. The monoisotopic (exact) mass is 843 g/mol. The summed E-state index contributed by atoms with van der Waals surface area (Å²) in [5.41, 5.74) is 5.87. The first-order chi connectivity index (χ1) is 29.6. The van der Waals surface area contributed by atoms with E-state index in [0.717, 1.165) is 79.6 Å². The van der Waals surface area contributed by atoms with E-state index in [1.54, 1.807) is 18.3 Å². The van der Waals surface area contributed by atoms with E-state index >= 15 is 0 Å². The van der Waals surface area contributed by atoms with Crippen LogP contribution >= 0.6 is 11.6 Å². The molecule has 4 aromatic rings. The molecule has 4 aliphatic rings. The smallest absolute Gasteiger partial charge is 0.261 e. The molecule has 6 heterocycles. The van der Waals surface area contributed by atoms with Gasteiger partial charge in [0, 0.05) is 87.5 Å². The summed E-state index contributed by atoms with van der Waals surface area (Å²) in [4.78, 5) is 85.9. The number of carbonyl (C=O) groups is 5. The molecule has 3 fully saturated rings. The third kappa shape index (κ3) is 9.03. The zero-order valence-corrected chi connectivity index (χ0v) is 34.6. The van der Waals surface area contributed by atoms with Crippen LogP contribution in [0.15, 0.2) is 61.1 Å². The lowest BCUT2D eigenvalue weighted by Gasteiger charge is -2.39. The van der Waals surface area contributed by atoms with Crippen molar-refractivity contribution in [1.29, 1.82) is 5.26 Å². The Kier molecular flexibility index (Phi) is 12.2. The van der Waals surface area contributed by atoms with Crippen LogP contribution in [-0.2, 0) is 27.3 Å². The maximum Gasteiger partial charge on any atom is 0.261 e. The number of nitrogens with one attached hydrogen (secondary N) is 2. The van der Waals surface area contributed by atoms with Gasteiger partial charge in [-0.2, -0.15) is 5.26 Å². The third-order valence-corrected chi connectivity index (χ3v) is 12.5. The molecule has 0 spiro atoms. The first kappa shape index (κ1) is 41.3. The average Bonchev–Trinajstić information content (AvgIpc) is 3.27. The van der Waals surface area contributed by atoms with Crippen molar-refractivity contribution in [3.63, 3.8) is 0 Å². The fraction of sp³-hybridized carbons (Fsp3) is 0.386. The summed E-state index contributed by atoms with van der Waals surface area (Å²) < 4.78 is 0. The number of halogens is 1. The number of carbonyl (C=O) groups excluding carboxylic acids is 5. The fourth-order valence-electron chi connectivity index (χ4n) is 8.68. The minimum Gasteiger partial charge on any atom is -0.369 e. The lowest BCUT2D eigenvalue weighted by molar-refractivity contribution is -0.139. The van der Waals surface area contributed by atoms with E-state index in [4.69, 9.17) is 11.6 Å². The summed E-state index contributed by atoms with van der Waals surface area (Å²) in [6, 6.07) is 15.7. The van der Waals surface area contributed by atoms with Crippen molar-refractivity contribution in [1.82, 2.24) is 35.0 Å². The lowest BCUT2D eigenvalue weighted by Crippen LogP contribution is -2.54. The summed E-state index contributed by atoms with van der Waals surface area (Å²) in [7, 11) is 0. The Labute approximate surface area is 358 Å². The molecular formula is C44H46ClN11O5. The first-order valence-electron chi connectivity index (χ1n) is 20.6. The number of anilines is 4. The maximum atomic E-state index is 13.5. The lowest BCUT2D eigenvalue weighted by atomic mass is 9.95. The van der Waals surface area contributed by atoms with Crippen LogP contribution in [0.2, 0.25) is 5.02 Å². The average molecular weight is 844 g/mol. The quantitative estimate of drug-likeness (QED) is 0.172. The van der Waals surface area contributed by atoms with Gasteiger partial charge in [0.2, 0.25) is 18.2 Å². The highest BCUT2D eigenvalue weighted by Gasteiger charge is 2.35. The van der Waals surface area contributed by atoms with E-state index in [0.29, 0.717) is 77.3 Å². The number of nitrogens with zero attached hydrogens (tertiary/aromatic N) is 9. The first-order valence-corrected chi connectivity index (χ1v) is 21.0. The molecule has 16 nitrogen and oxygen atoms in total. The molecule has 0 bridgehead atoms. The second-order valence-electron chi connectivity index (χ2n) is 16.0. The van der Waals surface area contributed by atoms with E-state index in [1.165, 1.54) is 6.33 Å². The van der Waals surface area contributed by atoms with Crippen LogP contribution in [0.25, 0.3) is 0 Å². The summed E-state index contributed by atoms with van der Waals surface area (Å²) >= 11 is 6.29. The van der Waals surface area contributed by atoms with Crippen LogP contribution in [0.3, 0.4) is 0 Å². The number of aromatic nitrogens is 3. The number of piperazine rings is 1. The molecule has 4 aliphatic heterocycles. The Morgan fingerprint density at radius 2 is 1.70 bits per heavy atom. The second kappa shape index (κ2) is 18.0. The molecule has 1 unspecified atom stereocenters. The molecule has 5 amide bonds. The molecule has 0 aliphatic carbocycles. The van der Waals surface area contributed by atoms with Crippen LogP contribution in [0, 0.1) is 24.2 Å². The van der Waals surface area contributed by atoms with Gasteiger partial charge in [-0.05, 0) is 92.6 Å². The largest absolute Gasteiger partial charge is 0.369 e. The Morgan fingerprint density at radius 1 is 0.934 bits per heavy atom. The van der Waals surface area contributed by atoms with Crippen molar-refractivity contribution in [2.45, 2.75) is 51.6 Å². The van der Waals surface area contributed by atoms with E-state index < -0.39 is 23.8 Å². The van der Waals surface area contributed by atoms with Crippen LogP contribution in [0.1, 0.15) is 68.8 Å². The highest BCUT2D eigenvalue weighted by Crippen LogP contribution is 2.31. The van der Waals surface area contributed by atoms with Gasteiger partial charge in [-0.25, -0.2) is 15.0 Å². The van der Waals surface area contributed by atoms with Gasteiger partial charge >= 0.3 is 0 Å². The molecule has 2 N–H and O–H groups in total. The number of nitriles is 1. The van der Waals surface area contributed by atoms with E-state index in [1.807, 2.05) is 48.2 Å². The van der Waals surface area contributed by atoms with E-state index in [2.05, 4.69) is 46.4 Å². The predicted molar refractivity (Wildman–Crippen MR) is 227 cm³/mol. The zero-order valence-electron chi connectivity index (χ0n) is 33.8. The number of benzene rings is 2. The number of hydrogen-bond acceptors (Lipinski definition) is 13. The van der Waals surface area contributed by atoms with E-state index in [-0.39, 0.29) is 18.7 Å². The molecule has 1 atom stereocenters. The maximum absolute atomic E-state index is 13.5. The Balaban J connectivity index is 0.785. The van der Waals surface area contributed by atoms with Crippen molar-refractivity contribution >= 4 is 64.7 Å². The number of piperidine rings is 2. The fourth-order valence-corrected chi connectivity index (χ4v) is 8.90. The molecule has 2 aromatic carbocycles. The van der Waals surface area contributed by atoms with Gasteiger partial charge in [-0.3, -0.25) is 39.1 Å². The standard InChI is InChI=1S/C44H46ClN11O5/c1-28-20-32(5-6-34(28)44(61)56(27-57)38-7-9-40(58)51-42(38)59)53-18-16-52(17-19-53)24-29-10-13-54(14-11-29)43(60)31-3-8-39(47-23-31)50-41-35-12-15-55(25-37(35)48-26-49-41)33-4-2-30(22-46)36(45)21-33/h2-6,8,20-21,23,26-27,29,38H,7,9-19,24-25H2,1H3,(H,51,58,59)(H,47,48,49,50). The molecule has 17 heteroatoms. The van der Waals surface area contributed by atoms with Crippen molar-refractivity contribution in [3.05, 3.63) is 99.6 Å². The Hall–Kier alpha value is -6.44. The molecule has 0 radical (unpaired) electrons. The normalized spacial score (nSPS) is 18.5. The predicted octanol–water partition coefficient (Wildman–Crippen LogP) is 4.09. The van der Waals surface area contributed by atoms with Crippen LogP contribution in [-0.4, -0.2) is 118 Å². The minimum absolute atomic E-state index is 0.0219. The summed E-state index contributed by atoms with van der Waals surface area (Å²) in [5.74, 6) is 0.136. The molecule has 314 valence electrons. The van der Waals surface area contributed by atoms with Gasteiger partial charge in [0.1, 0.15) is 30.1 Å². The van der Waals surface area contributed by atoms with Gasteiger partial charge in [0.25, 0.3) is 11.8 Å². The summed E-state index contributed by atoms with van der Waals surface area (Å²) in [6.45, 7) is 8.92. The van der Waals surface area contributed by atoms with Gasteiger partial charge in [-0.1, -0.05) is 11.6 Å². The van der Waals surface area contributed by atoms with Crippen molar-refractivity contribution < 1.29 is 24.0 Å². The van der Waals surface area contributed by atoms with Gasteiger partial charge in [0.15, 0.2) is 0 Å². The SMILES string of the molecule is Cc1cc(N2CCN(CC3CCN(C(=O)c4ccc(Nc5ncnc6c5CCN(c5ccc(C#N)c(Cl)c5)C6)nc4)CC3)CC2)ccc1C(=O)N(C=O)C1CCC(=O)NC1=O.